The van der Waals surface area contributed by atoms with Crippen LogP contribution in [0.15, 0.2) is 103 Å². The molecule has 190 valence electrons. The van der Waals surface area contributed by atoms with Crippen molar-refractivity contribution in [1.82, 2.24) is 10.3 Å². The number of anilines is 2. The number of nitrogens with zero attached hydrogens (tertiary/aromatic N) is 1. The standard InChI is InChI=1S/C31H34N4O2/c1-23(26-10-6-3-7-11-26)12-17-30(37-22-25-8-4-2-5-9-25)34-21-24-13-15-27(16-14-24)31(36)35-28-18-19-33-29(32)20-28/h2-11,13-16,18-20,23,30,34H,12,17,21-22H2,1H3,(H3,32,33,35,36). The molecule has 4 aromatic rings. The smallest absolute Gasteiger partial charge is 0.255 e. The first kappa shape index (κ1) is 26.1. The normalized spacial score (nSPS) is 12.6. The van der Waals surface area contributed by atoms with Crippen LogP contribution in [0.5, 0.6) is 0 Å². The highest BCUT2D eigenvalue weighted by molar-refractivity contribution is 6.04. The van der Waals surface area contributed by atoms with Gasteiger partial charge in [0.1, 0.15) is 12.0 Å². The van der Waals surface area contributed by atoms with E-state index in [4.69, 9.17) is 10.5 Å². The average molecular weight is 495 g/mol. The van der Waals surface area contributed by atoms with E-state index in [1.54, 1.807) is 18.3 Å². The van der Waals surface area contributed by atoms with E-state index in [2.05, 4.69) is 58.9 Å². The molecule has 0 saturated heterocycles. The number of rotatable bonds is 12. The molecule has 0 fully saturated rings. The van der Waals surface area contributed by atoms with Gasteiger partial charge in [-0.1, -0.05) is 79.7 Å². The summed E-state index contributed by atoms with van der Waals surface area (Å²) in [6, 6.07) is 31.7. The van der Waals surface area contributed by atoms with E-state index in [0.29, 0.717) is 36.1 Å². The molecule has 0 aliphatic heterocycles. The summed E-state index contributed by atoms with van der Waals surface area (Å²) < 4.78 is 6.28. The molecule has 1 heterocycles. The van der Waals surface area contributed by atoms with Gasteiger partial charge in [-0.2, -0.15) is 0 Å². The third kappa shape index (κ3) is 8.27. The Labute approximate surface area is 218 Å². The lowest BCUT2D eigenvalue weighted by atomic mass is 9.96. The molecule has 0 spiro atoms. The topological polar surface area (TPSA) is 89.3 Å². The first-order valence-electron chi connectivity index (χ1n) is 12.6. The highest BCUT2D eigenvalue weighted by atomic mass is 16.5. The van der Waals surface area contributed by atoms with Crippen LogP contribution < -0.4 is 16.4 Å². The minimum Gasteiger partial charge on any atom is -0.384 e. The molecule has 0 bridgehead atoms. The third-order valence-corrected chi connectivity index (χ3v) is 6.31. The zero-order chi connectivity index (χ0) is 25.9. The summed E-state index contributed by atoms with van der Waals surface area (Å²) in [7, 11) is 0. The summed E-state index contributed by atoms with van der Waals surface area (Å²) in [4.78, 5) is 16.5. The number of nitrogen functional groups attached to an aromatic ring is 1. The van der Waals surface area contributed by atoms with Crippen LogP contribution in [0.25, 0.3) is 0 Å². The van der Waals surface area contributed by atoms with E-state index in [1.165, 1.54) is 5.56 Å². The number of aromatic nitrogens is 1. The van der Waals surface area contributed by atoms with Crippen LogP contribution in [0.2, 0.25) is 0 Å². The molecular weight excluding hydrogens is 460 g/mol. The Kier molecular flexibility index (Phi) is 9.41. The Morgan fingerprint density at radius 1 is 0.892 bits per heavy atom. The second-order valence-corrected chi connectivity index (χ2v) is 9.18. The van der Waals surface area contributed by atoms with Gasteiger partial charge in [0.25, 0.3) is 5.91 Å². The van der Waals surface area contributed by atoms with Gasteiger partial charge in [-0.05, 0) is 53.6 Å². The largest absolute Gasteiger partial charge is 0.384 e. The highest BCUT2D eigenvalue weighted by Crippen LogP contribution is 2.22. The van der Waals surface area contributed by atoms with Crippen molar-refractivity contribution in [2.75, 3.05) is 11.1 Å². The number of hydrogen-bond donors (Lipinski definition) is 3. The SMILES string of the molecule is CC(CCC(NCc1ccc(C(=O)Nc2ccnc(N)c2)cc1)OCc1ccccc1)c1ccccc1. The van der Waals surface area contributed by atoms with Crippen LogP contribution in [-0.4, -0.2) is 17.1 Å². The van der Waals surface area contributed by atoms with Gasteiger partial charge in [-0.3, -0.25) is 10.1 Å². The summed E-state index contributed by atoms with van der Waals surface area (Å²) in [5.74, 6) is 0.616. The predicted octanol–water partition coefficient (Wildman–Crippen LogP) is 6.13. The van der Waals surface area contributed by atoms with E-state index in [-0.39, 0.29) is 12.1 Å². The minimum atomic E-state index is -0.191. The lowest BCUT2D eigenvalue weighted by Gasteiger charge is -2.22. The monoisotopic (exact) mass is 494 g/mol. The fourth-order valence-corrected chi connectivity index (χ4v) is 4.10. The van der Waals surface area contributed by atoms with E-state index in [1.807, 2.05) is 48.5 Å². The number of nitrogens with one attached hydrogen (secondary N) is 2. The molecule has 4 rings (SSSR count). The maximum atomic E-state index is 12.6. The summed E-state index contributed by atoms with van der Waals surface area (Å²) >= 11 is 0. The number of hydrogen-bond acceptors (Lipinski definition) is 5. The molecule has 0 aliphatic carbocycles. The quantitative estimate of drug-likeness (QED) is 0.206. The van der Waals surface area contributed by atoms with E-state index < -0.39 is 0 Å². The number of amides is 1. The van der Waals surface area contributed by atoms with Crippen molar-refractivity contribution in [3.63, 3.8) is 0 Å². The van der Waals surface area contributed by atoms with E-state index >= 15 is 0 Å². The molecule has 1 amide bonds. The Morgan fingerprint density at radius 3 is 2.30 bits per heavy atom. The summed E-state index contributed by atoms with van der Waals surface area (Å²) in [6.07, 6.45) is 3.37. The molecule has 2 unspecified atom stereocenters. The second-order valence-electron chi connectivity index (χ2n) is 9.18. The van der Waals surface area contributed by atoms with Crippen LogP contribution in [0.3, 0.4) is 0 Å². The number of ether oxygens (including phenoxy) is 1. The number of benzene rings is 3. The van der Waals surface area contributed by atoms with Crippen molar-refractivity contribution >= 4 is 17.4 Å². The number of carbonyl (C=O) groups excluding carboxylic acids is 1. The van der Waals surface area contributed by atoms with Crippen LogP contribution in [0.4, 0.5) is 11.5 Å². The van der Waals surface area contributed by atoms with Crippen molar-refractivity contribution in [1.29, 1.82) is 0 Å². The van der Waals surface area contributed by atoms with E-state index in [0.717, 1.165) is 24.0 Å². The fourth-order valence-electron chi connectivity index (χ4n) is 4.10. The van der Waals surface area contributed by atoms with Gasteiger partial charge in [0.2, 0.25) is 0 Å². The molecular formula is C31H34N4O2. The molecule has 37 heavy (non-hydrogen) atoms. The molecule has 2 atom stereocenters. The van der Waals surface area contributed by atoms with Gasteiger partial charge in [0.05, 0.1) is 6.61 Å². The van der Waals surface area contributed by atoms with Crippen molar-refractivity contribution in [2.24, 2.45) is 0 Å². The Hall–Kier alpha value is -4.00. The highest BCUT2D eigenvalue weighted by Gasteiger charge is 2.13. The van der Waals surface area contributed by atoms with Gasteiger partial charge in [0, 0.05) is 30.1 Å². The molecule has 4 N–H and O–H groups in total. The zero-order valence-electron chi connectivity index (χ0n) is 21.1. The second kappa shape index (κ2) is 13.3. The zero-order valence-corrected chi connectivity index (χ0v) is 21.1. The van der Waals surface area contributed by atoms with Crippen molar-refractivity contribution in [2.45, 2.75) is 45.1 Å². The lowest BCUT2D eigenvalue weighted by molar-refractivity contribution is 0.00872. The maximum Gasteiger partial charge on any atom is 0.255 e. The van der Waals surface area contributed by atoms with Crippen LogP contribution >= 0.6 is 0 Å². The van der Waals surface area contributed by atoms with Crippen LogP contribution in [0.1, 0.15) is 52.7 Å². The van der Waals surface area contributed by atoms with Gasteiger partial charge >= 0.3 is 0 Å². The molecule has 0 aliphatic rings. The molecule has 0 radical (unpaired) electrons. The number of pyridine rings is 1. The maximum absolute atomic E-state index is 12.6. The summed E-state index contributed by atoms with van der Waals surface area (Å²) in [5, 5.41) is 6.41. The van der Waals surface area contributed by atoms with Crippen molar-refractivity contribution < 1.29 is 9.53 Å². The molecule has 6 nitrogen and oxygen atoms in total. The Bertz CT molecular complexity index is 1250. The van der Waals surface area contributed by atoms with Crippen molar-refractivity contribution in [3.05, 3.63) is 126 Å². The Morgan fingerprint density at radius 2 is 1.59 bits per heavy atom. The van der Waals surface area contributed by atoms with Gasteiger partial charge in [-0.15, -0.1) is 0 Å². The molecule has 0 saturated carbocycles. The molecule has 3 aromatic carbocycles. The summed E-state index contributed by atoms with van der Waals surface area (Å²) in [6.45, 7) is 3.45. The van der Waals surface area contributed by atoms with Crippen LogP contribution in [0, 0.1) is 0 Å². The third-order valence-electron chi connectivity index (χ3n) is 6.31. The first-order chi connectivity index (χ1) is 18.1. The van der Waals surface area contributed by atoms with Crippen LogP contribution in [-0.2, 0) is 17.9 Å². The predicted molar refractivity (Wildman–Crippen MR) is 149 cm³/mol. The van der Waals surface area contributed by atoms with Gasteiger partial charge in [0.15, 0.2) is 0 Å². The number of nitrogens with two attached hydrogens (primary N) is 1. The molecule has 1 aromatic heterocycles. The first-order valence-corrected chi connectivity index (χ1v) is 12.6. The lowest BCUT2D eigenvalue weighted by Crippen LogP contribution is -2.31. The summed E-state index contributed by atoms with van der Waals surface area (Å²) in [5.41, 5.74) is 10.5. The van der Waals surface area contributed by atoms with Gasteiger partial charge < -0.3 is 15.8 Å². The minimum absolute atomic E-state index is 0.0912. The fraction of sp³-hybridized carbons (Fsp3) is 0.226. The number of carbonyl (C=O) groups is 1. The average Bonchev–Trinajstić information content (AvgIpc) is 2.94. The molecule has 6 heteroatoms. The van der Waals surface area contributed by atoms with Gasteiger partial charge in [-0.25, -0.2) is 4.98 Å². The Balaban J connectivity index is 1.33. The van der Waals surface area contributed by atoms with Crippen molar-refractivity contribution in [3.8, 4) is 0 Å². The van der Waals surface area contributed by atoms with E-state index in [9.17, 15) is 4.79 Å².